The Balaban J connectivity index is 0.831. The number of fused-ring (bicyclic) bond motifs is 5. The zero-order chi connectivity index (χ0) is 58.7. The third-order valence-corrected chi connectivity index (χ3v) is 20.2. The maximum absolute atomic E-state index is 12.2. The Morgan fingerprint density at radius 1 is 0.642 bits per heavy atom. The summed E-state index contributed by atoms with van der Waals surface area (Å²) in [4.78, 5) is 12.1. The lowest BCUT2D eigenvalue weighted by molar-refractivity contribution is -0.376. The van der Waals surface area contributed by atoms with Crippen molar-refractivity contribution in [1.29, 1.82) is 0 Å². The number of hydrogen-bond acceptors (Lipinski definition) is 25. The van der Waals surface area contributed by atoms with Gasteiger partial charge in [-0.25, -0.2) is 0 Å². The number of carbonyl (C=O) groups is 1. The number of carbonyl (C=O) groups excluding carboxylic acids is 1. The van der Waals surface area contributed by atoms with Gasteiger partial charge >= 0.3 is 5.97 Å². The Morgan fingerprint density at radius 3 is 1.90 bits per heavy atom. The van der Waals surface area contributed by atoms with Crippen LogP contribution >= 0.6 is 0 Å². The van der Waals surface area contributed by atoms with E-state index in [1.807, 2.05) is 13.8 Å². The predicted octanol–water partition coefficient (Wildman–Crippen LogP) is -0.956. The van der Waals surface area contributed by atoms with Crippen LogP contribution in [0.1, 0.15) is 99.8 Å². The highest BCUT2D eigenvalue weighted by atomic mass is 16.8. The minimum absolute atomic E-state index is 0.0830. The fourth-order valence-corrected chi connectivity index (χ4v) is 15.7. The van der Waals surface area contributed by atoms with E-state index >= 15 is 0 Å². The molecule has 9 rings (SSSR count). The second kappa shape index (κ2) is 25.9. The van der Waals surface area contributed by atoms with Gasteiger partial charge in [0.2, 0.25) is 0 Å². The number of allylic oxidation sites excluding steroid dienone is 1. The van der Waals surface area contributed by atoms with E-state index in [1.165, 1.54) is 26.7 Å². The molecule has 0 aromatic carbocycles. The smallest absolute Gasteiger partial charge is 0.303 e. The Morgan fingerprint density at radius 2 is 1.26 bits per heavy atom. The molecule has 8 fully saturated rings. The van der Waals surface area contributed by atoms with Gasteiger partial charge in [-0.1, -0.05) is 25.5 Å². The molecule has 5 heterocycles. The molecular formula is C56H92O25. The lowest BCUT2D eigenvalue weighted by atomic mass is 9.47. The van der Waals surface area contributed by atoms with Crippen LogP contribution in [-0.4, -0.2) is 257 Å². The molecule has 10 N–H and O–H groups in total. The van der Waals surface area contributed by atoms with Crippen LogP contribution in [0.3, 0.4) is 0 Å². The summed E-state index contributed by atoms with van der Waals surface area (Å²) in [6.07, 6.45) is -22.1. The molecular weight excluding hydrogens is 1070 g/mol. The van der Waals surface area contributed by atoms with Gasteiger partial charge in [-0.2, -0.15) is 0 Å². The van der Waals surface area contributed by atoms with Crippen LogP contribution in [-0.2, 0) is 71.1 Å². The zero-order valence-corrected chi connectivity index (χ0v) is 48.1. The summed E-state index contributed by atoms with van der Waals surface area (Å²) in [6.45, 7) is 11.7. The summed E-state index contributed by atoms with van der Waals surface area (Å²) < 4.78 is 85.0. The average molecular weight is 1170 g/mol. The molecule has 25 heteroatoms. The fraction of sp³-hybridized carbons (Fsp3) is 0.946. The molecule has 0 aromatic rings. The Bertz CT molecular complexity index is 2110. The van der Waals surface area contributed by atoms with Crippen molar-refractivity contribution in [1.82, 2.24) is 0 Å². The molecule has 3 saturated carbocycles. The van der Waals surface area contributed by atoms with Crippen LogP contribution in [0.25, 0.3) is 0 Å². The van der Waals surface area contributed by atoms with Crippen molar-refractivity contribution < 1.29 is 122 Å². The van der Waals surface area contributed by atoms with Gasteiger partial charge in [0.25, 0.3) is 0 Å². The highest BCUT2D eigenvalue weighted by Gasteiger charge is 2.63. The van der Waals surface area contributed by atoms with E-state index in [4.69, 9.17) is 66.3 Å². The summed E-state index contributed by atoms with van der Waals surface area (Å²) in [6, 6.07) is 0. The van der Waals surface area contributed by atoms with Gasteiger partial charge in [0, 0.05) is 40.6 Å². The second-order valence-electron chi connectivity index (χ2n) is 24.9. The number of ether oxygens (including phenoxy) is 14. The average Bonchev–Trinajstić information content (AvgIpc) is 3.83. The monoisotopic (exact) mass is 1160 g/mol. The number of rotatable bonds is 17. The van der Waals surface area contributed by atoms with Crippen LogP contribution in [0.5, 0.6) is 0 Å². The quantitative estimate of drug-likeness (QED) is 0.0620. The molecule has 0 spiro atoms. The van der Waals surface area contributed by atoms with E-state index in [0.29, 0.717) is 24.7 Å². The molecule has 0 bridgehead atoms. The van der Waals surface area contributed by atoms with E-state index in [1.54, 1.807) is 21.0 Å². The van der Waals surface area contributed by atoms with Crippen molar-refractivity contribution in [2.45, 2.75) is 266 Å². The summed E-state index contributed by atoms with van der Waals surface area (Å²) in [7, 11) is 4.40. The summed E-state index contributed by atoms with van der Waals surface area (Å²) in [5, 5.41) is 108. The van der Waals surface area contributed by atoms with E-state index in [2.05, 4.69) is 19.9 Å². The molecule has 466 valence electrons. The van der Waals surface area contributed by atoms with Gasteiger partial charge < -0.3 is 117 Å². The van der Waals surface area contributed by atoms with E-state index in [0.717, 1.165) is 38.5 Å². The summed E-state index contributed by atoms with van der Waals surface area (Å²) in [5.41, 5.74) is 0.949. The third-order valence-electron chi connectivity index (χ3n) is 20.2. The van der Waals surface area contributed by atoms with Crippen molar-refractivity contribution in [3.63, 3.8) is 0 Å². The predicted molar refractivity (Wildman–Crippen MR) is 276 cm³/mol. The van der Waals surface area contributed by atoms with Gasteiger partial charge in [-0.15, -0.1) is 0 Å². The standard InChI is InChI=1S/C56H92O25/c1-22(73-53-50(48(70-10)39(61)23(2)74-53)81-52-45(67)43(65)41(63)35(79-52)21-71-51-44(66)42(64)40(62)34(20-57)78-51)37-32(59)18-31-29-12-11-27-17-28(13-15-55(27,6)30(29)14-16-56(31,37)7)77-36-19-33(68-8)46(25(4)72-36)80-54-49(76-26(5)58)47(69-9)38(60)24(3)75-54/h11,22-25,28-54,57,59-67H,12-21H2,1-10H3/t22?,23-,24-,25-,28+,29-,30+,31+,32+,33+,34-,35-,36+,37+,38+,39+,40-,41-,42+,43+,44-,45-,46-,47+,48+,49-,50-,51-,52+,53-,54+,55+,56+/m1/s1. The lowest BCUT2D eigenvalue weighted by Gasteiger charge is -2.58. The minimum atomic E-state index is -1.85. The molecule has 5 saturated heterocycles. The first-order valence-electron chi connectivity index (χ1n) is 29.1. The topological polar surface area (TPSA) is 349 Å². The van der Waals surface area contributed by atoms with Crippen LogP contribution in [0.15, 0.2) is 11.6 Å². The maximum atomic E-state index is 12.2. The highest BCUT2D eigenvalue weighted by molar-refractivity contribution is 5.66. The van der Waals surface area contributed by atoms with E-state index in [-0.39, 0.29) is 28.8 Å². The van der Waals surface area contributed by atoms with Gasteiger partial charge in [-0.3, -0.25) is 4.79 Å². The molecule has 0 amide bonds. The van der Waals surface area contributed by atoms with Gasteiger partial charge in [0.1, 0.15) is 85.5 Å². The van der Waals surface area contributed by atoms with Crippen LogP contribution < -0.4 is 0 Å². The summed E-state index contributed by atoms with van der Waals surface area (Å²) in [5.74, 6) is -0.0959. The molecule has 25 nitrogen and oxygen atoms in total. The molecule has 9 aliphatic rings. The molecule has 0 radical (unpaired) electrons. The van der Waals surface area contributed by atoms with Crippen molar-refractivity contribution in [3.8, 4) is 0 Å². The molecule has 4 aliphatic carbocycles. The zero-order valence-electron chi connectivity index (χ0n) is 48.1. The SMILES string of the molecule is CO[C@H]1[C@@H](O)[C@@H](C)O[C@@H](O[C@H]2[C@@H](OC)C[C@H](O[C@H]3CC[C@@]4(C)C(=CC[C@H]5[C@@H]6C[C@H](O)[C@H](C(C)O[C@@H]7O[C@H](C)[C@H](O)[C@H](OC)[C@H]7O[C@@H]7O[C@H](CO[C@@H]8O[C@H](CO)[C@@H](O)[C@H](O)[C@H]8O)[C@@H](O)[C@H](O)[C@H]7O)[C@@]6(C)CC[C@@H]54)C3)O[C@@H]2C)[C@@H]1OC(C)=O. The largest absolute Gasteiger partial charge is 0.454 e. The van der Waals surface area contributed by atoms with Crippen molar-refractivity contribution >= 4 is 5.97 Å². The lowest BCUT2D eigenvalue weighted by Crippen LogP contribution is -2.65. The second-order valence-corrected chi connectivity index (χ2v) is 24.9. The number of aliphatic hydroxyl groups excluding tert-OH is 10. The Hall–Kier alpha value is -1.71. The van der Waals surface area contributed by atoms with Gasteiger partial charge in [0.05, 0.1) is 55.9 Å². The minimum Gasteiger partial charge on any atom is -0.454 e. The first-order valence-corrected chi connectivity index (χ1v) is 29.1. The van der Waals surface area contributed by atoms with Crippen molar-refractivity contribution in [3.05, 3.63) is 11.6 Å². The number of methoxy groups -OCH3 is 3. The van der Waals surface area contributed by atoms with E-state index < -0.39 is 179 Å². The fourth-order valence-electron chi connectivity index (χ4n) is 15.7. The molecule has 33 atom stereocenters. The van der Waals surface area contributed by atoms with Crippen molar-refractivity contribution in [2.75, 3.05) is 34.5 Å². The van der Waals surface area contributed by atoms with Crippen LogP contribution in [0, 0.1) is 34.5 Å². The number of esters is 1. The summed E-state index contributed by atoms with van der Waals surface area (Å²) >= 11 is 0. The van der Waals surface area contributed by atoms with Gasteiger partial charge in [-0.05, 0) is 101 Å². The molecule has 0 aromatic heterocycles. The maximum Gasteiger partial charge on any atom is 0.303 e. The molecule has 1 unspecified atom stereocenters. The number of aliphatic hydroxyl groups is 10. The highest BCUT2D eigenvalue weighted by Crippen LogP contribution is 2.67. The first kappa shape index (κ1) is 63.8. The first-order chi connectivity index (χ1) is 38.4. The van der Waals surface area contributed by atoms with Gasteiger partial charge in [0.15, 0.2) is 37.6 Å². The third kappa shape index (κ3) is 12.3. The molecule has 81 heavy (non-hydrogen) atoms. The number of hydrogen-bond donors (Lipinski definition) is 10. The van der Waals surface area contributed by atoms with Crippen LogP contribution in [0.2, 0.25) is 0 Å². The molecule has 5 aliphatic heterocycles. The van der Waals surface area contributed by atoms with Crippen molar-refractivity contribution in [2.24, 2.45) is 34.5 Å². The van der Waals surface area contributed by atoms with E-state index in [9.17, 15) is 55.9 Å². The Labute approximate surface area is 473 Å². The Kier molecular flexibility index (Phi) is 20.4. The van der Waals surface area contributed by atoms with Crippen LogP contribution in [0.4, 0.5) is 0 Å². The normalized spacial score (nSPS) is 52.5.